The van der Waals surface area contributed by atoms with Gasteiger partial charge in [-0.3, -0.25) is 0 Å². The number of ether oxygens (including phenoxy) is 6. The number of hydrogen-bond donors (Lipinski definition) is 9. The number of hydrogen-bond acceptors (Lipinski definition) is 14. The van der Waals surface area contributed by atoms with E-state index in [0.29, 0.717) is 5.56 Å². The summed E-state index contributed by atoms with van der Waals surface area (Å²) in [5.41, 5.74) is 0.623. The minimum Gasteiger partial charge on any atom is -0.571 e. The van der Waals surface area contributed by atoms with E-state index in [-0.39, 0.29) is 40.1 Å². The lowest BCUT2D eigenvalue weighted by atomic mass is 9.96. The summed E-state index contributed by atoms with van der Waals surface area (Å²) in [7, 11) is 1.35. The van der Waals surface area contributed by atoms with Gasteiger partial charge in [-0.15, -0.1) is 0 Å². The third-order valence-electron chi connectivity index (χ3n) is 7.61. The quantitative estimate of drug-likeness (QED) is 0.159. The van der Waals surface area contributed by atoms with Gasteiger partial charge in [0.05, 0.1) is 37.0 Å². The third kappa shape index (κ3) is 6.04. The molecule has 0 spiro atoms. The smallest absolute Gasteiger partial charge is 0.305 e. The maximum absolute atomic E-state index is 10.8. The molecule has 1 aromatic carbocycles. The Balaban J connectivity index is 1.41. The lowest BCUT2D eigenvalue weighted by Gasteiger charge is -2.42. The van der Waals surface area contributed by atoms with Crippen LogP contribution in [-0.4, -0.2) is 132 Å². The molecule has 15 nitrogen and oxygen atoms in total. The van der Waals surface area contributed by atoms with Crippen molar-refractivity contribution in [3.05, 3.63) is 64.8 Å². The Kier molecular flexibility index (Phi) is 8.89. The number of fused-ring (bicyclic) bond motifs is 1. The molecule has 3 heterocycles. The van der Waals surface area contributed by atoms with E-state index in [1.165, 1.54) is 44.4 Å². The number of aliphatic hydroxyl groups is 10. The molecule has 0 saturated carbocycles. The molecule has 1 aromatic rings. The highest BCUT2D eigenvalue weighted by Crippen LogP contribution is 2.38. The molecular weight excluding hydrogens is 576 g/mol. The summed E-state index contributed by atoms with van der Waals surface area (Å²) in [4.78, 5) is 0. The average molecular weight is 612 g/mol. The first-order chi connectivity index (χ1) is 20.4. The first kappa shape index (κ1) is 31.1. The van der Waals surface area contributed by atoms with E-state index in [1.807, 2.05) is 0 Å². The van der Waals surface area contributed by atoms with Crippen molar-refractivity contribution < 1.29 is 74.4 Å². The van der Waals surface area contributed by atoms with Crippen LogP contribution < -0.4 is 4.74 Å². The Morgan fingerprint density at radius 3 is 2.26 bits per heavy atom. The van der Waals surface area contributed by atoms with Crippen molar-refractivity contribution in [1.29, 1.82) is 0 Å². The van der Waals surface area contributed by atoms with Crippen LogP contribution in [-0.2, 0) is 18.9 Å². The molecule has 5 rings (SSSR count). The van der Waals surface area contributed by atoms with Crippen LogP contribution in [0.25, 0.3) is 5.76 Å². The number of methoxy groups -OCH3 is 1. The fraction of sp³-hybridized carbons (Fsp3) is 0.500. The van der Waals surface area contributed by atoms with E-state index >= 15 is 0 Å². The molecule has 1 aliphatic carbocycles. The van der Waals surface area contributed by atoms with Crippen LogP contribution in [0.5, 0.6) is 11.5 Å². The maximum atomic E-state index is 10.8. The number of allylic oxidation sites excluding steroid dienone is 2. The molecule has 3 aliphatic heterocycles. The molecule has 0 aromatic heterocycles. The summed E-state index contributed by atoms with van der Waals surface area (Å²) in [6.45, 7) is 0.968. The summed E-state index contributed by atoms with van der Waals surface area (Å²) in [5.74, 6) is -0.440. The molecule has 15 heteroatoms. The largest absolute Gasteiger partial charge is 0.571 e. The van der Waals surface area contributed by atoms with Crippen molar-refractivity contribution in [2.75, 3.05) is 13.7 Å². The molecule has 43 heavy (non-hydrogen) atoms. The predicted octanol–water partition coefficient (Wildman–Crippen LogP) is -1.53. The lowest BCUT2D eigenvalue weighted by Crippen LogP contribution is -2.61. The minimum absolute atomic E-state index is 0.0435. The van der Waals surface area contributed by atoms with Crippen LogP contribution in [0.2, 0.25) is 0 Å². The summed E-state index contributed by atoms with van der Waals surface area (Å²) in [5, 5.41) is 92.7. The van der Waals surface area contributed by atoms with Crippen LogP contribution in [0, 0.1) is 0 Å². The zero-order valence-electron chi connectivity index (χ0n) is 23.0. The Hall–Kier alpha value is -3.38. The molecule has 0 bridgehead atoms. The molecule has 2 fully saturated rings. The Morgan fingerprint density at radius 1 is 0.837 bits per heavy atom. The normalized spacial score (nSPS) is 37.9. The molecular formula is C28H35O15+. The van der Waals surface area contributed by atoms with Gasteiger partial charge >= 0.3 is 5.76 Å². The number of aromatic hydroxyl groups is 1. The standard InChI is InChI=1S/C28H34O15/c1-10-20(32)22(34)24(36)27(40-10)39-9-19-21(33)23(35)25(37)28(43-19)42-18-8-13-15(31)6-12(29)7-16(13)41-26(18)11-3-4-14(30)17(5-11)38-2/h3-8,10,16,19-25,27-37H,9H2,1-2H3/p+1. The van der Waals surface area contributed by atoms with E-state index in [9.17, 15) is 46.0 Å². The van der Waals surface area contributed by atoms with Crippen molar-refractivity contribution in [1.82, 2.24) is 0 Å². The predicted molar refractivity (Wildman–Crippen MR) is 143 cm³/mol. The number of rotatable bonds is 7. The lowest BCUT2D eigenvalue weighted by molar-refractivity contribution is -0.323. The molecule has 10 N–H and O–H groups in total. The van der Waals surface area contributed by atoms with E-state index in [0.717, 1.165) is 6.08 Å². The second-order valence-corrected chi connectivity index (χ2v) is 10.5. The zero-order chi connectivity index (χ0) is 31.2. The molecule has 11 atom stereocenters. The van der Waals surface area contributed by atoms with Crippen LogP contribution in [0.15, 0.2) is 59.3 Å². The summed E-state index contributed by atoms with van der Waals surface area (Å²) in [6, 6.07) is 4.33. The summed E-state index contributed by atoms with van der Waals surface area (Å²) < 4.78 is 32.4. The Bertz CT molecular complexity index is 1320. The minimum atomic E-state index is -1.78. The first-order valence-corrected chi connectivity index (χ1v) is 13.4. The SMILES string of the molecule is COc1cc(C2=C(OC3OC(COC4OC(C)C(O)C(O)C4O)C(O)C(O)C3O)C=C3C(O)=CC(O)=CC3[OH+]2)ccc1O. The van der Waals surface area contributed by atoms with Gasteiger partial charge in [-0.25, -0.2) is 0 Å². The van der Waals surface area contributed by atoms with Crippen LogP contribution in [0.1, 0.15) is 12.5 Å². The van der Waals surface area contributed by atoms with Crippen LogP contribution >= 0.6 is 0 Å². The van der Waals surface area contributed by atoms with Gasteiger partial charge in [0.1, 0.15) is 54.2 Å². The Labute approximate surface area is 245 Å². The Morgan fingerprint density at radius 2 is 1.53 bits per heavy atom. The third-order valence-corrected chi connectivity index (χ3v) is 7.61. The van der Waals surface area contributed by atoms with Gasteiger partial charge in [0.2, 0.25) is 18.2 Å². The van der Waals surface area contributed by atoms with Gasteiger partial charge in [0.25, 0.3) is 0 Å². The van der Waals surface area contributed by atoms with Crippen molar-refractivity contribution in [3.63, 3.8) is 0 Å². The molecule has 11 unspecified atom stereocenters. The molecule has 4 aliphatic rings. The highest BCUT2D eigenvalue weighted by atomic mass is 16.7. The monoisotopic (exact) mass is 611 g/mol. The highest BCUT2D eigenvalue weighted by molar-refractivity contribution is 5.69. The molecule has 0 amide bonds. The van der Waals surface area contributed by atoms with Crippen molar-refractivity contribution in [3.8, 4) is 11.5 Å². The van der Waals surface area contributed by atoms with E-state index in [2.05, 4.69) is 4.74 Å². The van der Waals surface area contributed by atoms with Gasteiger partial charge < -0.3 is 74.4 Å². The van der Waals surface area contributed by atoms with Gasteiger partial charge in [-0.1, -0.05) is 0 Å². The number of phenolic OH excluding ortho intramolecular Hbond substituents is 1. The topological polar surface area (TPSA) is 241 Å². The fourth-order valence-electron chi connectivity index (χ4n) is 5.10. The van der Waals surface area contributed by atoms with Gasteiger partial charge in [0.15, 0.2) is 17.8 Å². The number of phenols is 1. The molecule has 0 radical (unpaired) electrons. The highest BCUT2D eigenvalue weighted by Gasteiger charge is 2.48. The molecule has 2 saturated heterocycles. The van der Waals surface area contributed by atoms with Crippen LogP contribution in [0.3, 0.4) is 0 Å². The van der Waals surface area contributed by atoms with Gasteiger partial charge in [-0.2, -0.15) is 0 Å². The van der Waals surface area contributed by atoms with Crippen molar-refractivity contribution >= 4 is 5.76 Å². The van der Waals surface area contributed by atoms with Crippen LogP contribution in [0.4, 0.5) is 0 Å². The van der Waals surface area contributed by atoms with Gasteiger partial charge in [-0.05, 0) is 19.1 Å². The number of benzene rings is 1. The summed E-state index contributed by atoms with van der Waals surface area (Å²) in [6.07, 6.45) is -11.9. The average Bonchev–Trinajstić information content (AvgIpc) is 2.98. The van der Waals surface area contributed by atoms with E-state index < -0.39 is 74.1 Å². The zero-order valence-corrected chi connectivity index (χ0v) is 23.0. The maximum Gasteiger partial charge on any atom is 0.305 e. The van der Waals surface area contributed by atoms with Gasteiger partial charge in [0, 0.05) is 18.2 Å². The number of aliphatic hydroxyl groups excluding tert-OH is 8. The second kappa shape index (κ2) is 12.3. The summed E-state index contributed by atoms with van der Waals surface area (Å²) >= 11 is 0. The fourth-order valence-corrected chi connectivity index (χ4v) is 5.10. The van der Waals surface area contributed by atoms with E-state index in [4.69, 9.17) is 23.7 Å². The van der Waals surface area contributed by atoms with Crippen molar-refractivity contribution in [2.45, 2.75) is 74.4 Å². The van der Waals surface area contributed by atoms with E-state index in [1.54, 1.807) is 0 Å². The molecule has 236 valence electrons. The van der Waals surface area contributed by atoms with Crippen molar-refractivity contribution in [2.24, 2.45) is 0 Å². The first-order valence-electron chi connectivity index (χ1n) is 13.4. The second-order valence-electron chi connectivity index (χ2n) is 10.5.